The summed E-state index contributed by atoms with van der Waals surface area (Å²) >= 11 is 0. The van der Waals surface area contributed by atoms with Crippen LogP contribution in [0.4, 0.5) is 0 Å². The fourth-order valence-electron chi connectivity index (χ4n) is 6.74. The maximum absolute atomic E-state index is 10.8. The summed E-state index contributed by atoms with van der Waals surface area (Å²) < 4.78 is 0. The molecule has 0 aliphatic rings. The summed E-state index contributed by atoms with van der Waals surface area (Å²) in [6.07, 6.45) is 39.7. The van der Waals surface area contributed by atoms with E-state index < -0.39 is 11.9 Å². The molecule has 4 nitrogen and oxygen atoms in total. The number of carboxylic acids is 2. The van der Waals surface area contributed by atoms with E-state index in [0.717, 1.165) is 37.5 Å². The Kier molecular flexibility index (Phi) is 32.0. The van der Waals surface area contributed by atoms with Crippen molar-refractivity contribution in [2.45, 2.75) is 219 Å². The summed E-state index contributed by atoms with van der Waals surface area (Å²) in [5.74, 6) is 0.438. The highest BCUT2D eigenvalue weighted by molar-refractivity contribution is 5.66. The first-order chi connectivity index (χ1) is 20.5. The number of unbranched alkanes of at least 4 members (excludes halogenated alkanes) is 22. The second kappa shape index (κ2) is 32.8. The Morgan fingerprint density at radius 3 is 0.810 bits per heavy atom. The van der Waals surface area contributed by atoms with Crippen LogP contribution in [0, 0.1) is 11.8 Å². The minimum absolute atomic E-state index is 0.323. The number of rotatable bonds is 35. The standard InChI is InChI=1S/C38H74O4/c1-3-5-7-9-11-17-23-29-35(31-25-19-13-15-21-27-33-37(39)40)36(30-24-18-12-10-8-6-4-2)32-26-20-14-16-22-28-34-38(41)42/h35-36H,3-34H2,1-2H3,(H,39,40)(H,41,42). The van der Waals surface area contributed by atoms with E-state index >= 15 is 0 Å². The van der Waals surface area contributed by atoms with Crippen molar-refractivity contribution in [2.24, 2.45) is 11.8 Å². The number of carboxylic acid groups (broad SMARTS) is 2. The van der Waals surface area contributed by atoms with Crippen LogP contribution in [-0.4, -0.2) is 22.2 Å². The molecule has 0 amide bonds. The Hall–Kier alpha value is -1.06. The Bertz CT molecular complexity index is 525. The van der Waals surface area contributed by atoms with Gasteiger partial charge in [0.05, 0.1) is 0 Å². The molecule has 0 aromatic rings. The molecule has 0 saturated heterocycles. The van der Waals surface area contributed by atoms with Crippen LogP contribution < -0.4 is 0 Å². The second-order valence-corrected chi connectivity index (χ2v) is 13.4. The van der Waals surface area contributed by atoms with Crippen LogP contribution in [0.1, 0.15) is 219 Å². The normalized spacial score (nSPS) is 12.9. The van der Waals surface area contributed by atoms with Crippen molar-refractivity contribution in [3.8, 4) is 0 Å². The molecule has 0 rings (SSSR count). The summed E-state index contributed by atoms with van der Waals surface area (Å²) in [5.41, 5.74) is 0. The summed E-state index contributed by atoms with van der Waals surface area (Å²) in [6, 6.07) is 0. The molecular weight excluding hydrogens is 520 g/mol. The van der Waals surface area contributed by atoms with Crippen LogP contribution in [0.15, 0.2) is 0 Å². The van der Waals surface area contributed by atoms with Crippen LogP contribution in [0.3, 0.4) is 0 Å². The van der Waals surface area contributed by atoms with Gasteiger partial charge in [0.1, 0.15) is 0 Å². The highest BCUT2D eigenvalue weighted by Crippen LogP contribution is 2.34. The zero-order chi connectivity index (χ0) is 30.9. The topological polar surface area (TPSA) is 74.6 Å². The summed E-state index contributed by atoms with van der Waals surface area (Å²) in [5, 5.41) is 17.7. The van der Waals surface area contributed by atoms with E-state index in [0.29, 0.717) is 12.8 Å². The molecule has 0 aromatic heterocycles. The lowest BCUT2D eigenvalue weighted by molar-refractivity contribution is -0.138. The molecule has 0 spiro atoms. The third-order valence-electron chi connectivity index (χ3n) is 9.45. The van der Waals surface area contributed by atoms with Gasteiger partial charge in [-0.05, 0) is 24.7 Å². The van der Waals surface area contributed by atoms with E-state index in [9.17, 15) is 9.59 Å². The van der Waals surface area contributed by atoms with Crippen LogP contribution in [-0.2, 0) is 9.59 Å². The van der Waals surface area contributed by atoms with Gasteiger partial charge in [0.2, 0.25) is 0 Å². The van der Waals surface area contributed by atoms with Crippen molar-refractivity contribution in [2.75, 3.05) is 0 Å². The molecule has 0 fully saturated rings. The minimum Gasteiger partial charge on any atom is -0.481 e. The minimum atomic E-state index is -0.659. The third-order valence-corrected chi connectivity index (χ3v) is 9.45. The van der Waals surface area contributed by atoms with Crippen molar-refractivity contribution in [3.05, 3.63) is 0 Å². The van der Waals surface area contributed by atoms with E-state index in [-0.39, 0.29) is 0 Å². The molecule has 2 N–H and O–H groups in total. The first-order valence-corrected chi connectivity index (χ1v) is 18.9. The van der Waals surface area contributed by atoms with Crippen molar-refractivity contribution in [1.29, 1.82) is 0 Å². The van der Waals surface area contributed by atoms with Gasteiger partial charge in [-0.25, -0.2) is 0 Å². The SMILES string of the molecule is CCCCCCCCCC(CCCCCCCCC(=O)O)C(CCCCCCCCC)CCCCCCCCC(=O)O. The fraction of sp³-hybridized carbons (Fsp3) is 0.947. The predicted octanol–water partition coefficient (Wildman–Crippen LogP) is 12.9. The number of hydrogen-bond acceptors (Lipinski definition) is 2. The van der Waals surface area contributed by atoms with Crippen molar-refractivity contribution in [1.82, 2.24) is 0 Å². The van der Waals surface area contributed by atoms with Gasteiger partial charge < -0.3 is 10.2 Å². The zero-order valence-electron chi connectivity index (χ0n) is 28.5. The van der Waals surface area contributed by atoms with Crippen molar-refractivity contribution >= 4 is 11.9 Å². The predicted molar refractivity (Wildman–Crippen MR) is 181 cm³/mol. The fourth-order valence-corrected chi connectivity index (χ4v) is 6.74. The van der Waals surface area contributed by atoms with Gasteiger partial charge in [0.25, 0.3) is 0 Å². The smallest absolute Gasteiger partial charge is 0.303 e. The van der Waals surface area contributed by atoms with Crippen LogP contribution in [0.5, 0.6) is 0 Å². The van der Waals surface area contributed by atoms with Gasteiger partial charge >= 0.3 is 11.9 Å². The van der Waals surface area contributed by atoms with E-state index in [2.05, 4.69) is 13.8 Å². The number of hydrogen-bond donors (Lipinski definition) is 2. The lowest BCUT2D eigenvalue weighted by atomic mass is 9.78. The van der Waals surface area contributed by atoms with Crippen LogP contribution in [0.2, 0.25) is 0 Å². The monoisotopic (exact) mass is 595 g/mol. The van der Waals surface area contributed by atoms with E-state index in [1.165, 1.54) is 167 Å². The average Bonchev–Trinajstić information content (AvgIpc) is 2.96. The largest absolute Gasteiger partial charge is 0.481 e. The van der Waals surface area contributed by atoms with Gasteiger partial charge in [-0.3, -0.25) is 9.59 Å². The molecule has 2 atom stereocenters. The lowest BCUT2D eigenvalue weighted by Crippen LogP contribution is -2.16. The summed E-state index contributed by atoms with van der Waals surface area (Å²) in [6.45, 7) is 4.59. The van der Waals surface area contributed by atoms with Gasteiger partial charge in [-0.15, -0.1) is 0 Å². The molecule has 2 unspecified atom stereocenters. The maximum atomic E-state index is 10.8. The Morgan fingerprint density at radius 1 is 0.357 bits per heavy atom. The highest BCUT2D eigenvalue weighted by atomic mass is 16.4. The molecule has 4 heteroatoms. The Balaban J connectivity index is 4.78. The summed E-state index contributed by atoms with van der Waals surface area (Å²) in [4.78, 5) is 21.5. The quantitative estimate of drug-likeness (QED) is 0.0716. The molecular formula is C38H74O4. The first-order valence-electron chi connectivity index (χ1n) is 18.9. The first kappa shape index (κ1) is 40.9. The van der Waals surface area contributed by atoms with Gasteiger partial charge in [0, 0.05) is 12.8 Å². The van der Waals surface area contributed by atoms with Crippen LogP contribution >= 0.6 is 0 Å². The molecule has 250 valence electrons. The lowest BCUT2D eigenvalue weighted by Gasteiger charge is -2.28. The molecule has 0 bridgehead atoms. The Morgan fingerprint density at radius 2 is 0.571 bits per heavy atom. The second-order valence-electron chi connectivity index (χ2n) is 13.4. The summed E-state index contributed by atoms with van der Waals surface area (Å²) in [7, 11) is 0. The molecule has 0 radical (unpaired) electrons. The van der Waals surface area contributed by atoms with Gasteiger partial charge in [-0.1, -0.05) is 194 Å². The molecule has 0 saturated carbocycles. The highest BCUT2D eigenvalue weighted by Gasteiger charge is 2.20. The number of aliphatic carboxylic acids is 2. The van der Waals surface area contributed by atoms with Gasteiger partial charge in [0.15, 0.2) is 0 Å². The van der Waals surface area contributed by atoms with E-state index in [4.69, 9.17) is 10.2 Å². The van der Waals surface area contributed by atoms with E-state index in [1.807, 2.05) is 0 Å². The van der Waals surface area contributed by atoms with Crippen LogP contribution in [0.25, 0.3) is 0 Å². The van der Waals surface area contributed by atoms with Gasteiger partial charge in [-0.2, -0.15) is 0 Å². The molecule has 0 heterocycles. The average molecular weight is 595 g/mol. The van der Waals surface area contributed by atoms with E-state index in [1.54, 1.807) is 0 Å². The maximum Gasteiger partial charge on any atom is 0.303 e. The molecule has 0 aromatic carbocycles. The van der Waals surface area contributed by atoms with Crippen molar-refractivity contribution < 1.29 is 19.8 Å². The molecule has 0 aliphatic heterocycles. The molecule has 0 aliphatic carbocycles. The molecule has 42 heavy (non-hydrogen) atoms. The zero-order valence-corrected chi connectivity index (χ0v) is 28.5. The number of carbonyl (C=O) groups is 2. The van der Waals surface area contributed by atoms with Crippen molar-refractivity contribution in [3.63, 3.8) is 0 Å². The Labute approximate surface area is 262 Å². The third kappa shape index (κ3) is 30.4.